The van der Waals surface area contributed by atoms with Crippen LogP contribution in [0.4, 0.5) is 17.2 Å². The Kier molecular flexibility index (Phi) is 5.35. The van der Waals surface area contributed by atoms with Crippen molar-refractivity contribution >= 4 is 28.7 Å². The van der Waals surface area contributed by atoms with Crippen LogP contribution in [0.25, 0.3) is 17.0 Å². The molecule has 1 atom stereocenters. The minimum atomic E-state index is -0.920. The second-order valence-corrected chi connectivity index (χ2v) is 9.61. The van der Waals surface area contributed by atoms with Crippen molar-refractivity contribution in [2.75, 3.05) is 29.9 Å². The molecule has 0 radical (unpaired) electrons. The minimum absolute atomic E-state index is 0.146. The predicted octanol–water partition coefficient (Wildman–Crippen LogP) is 2.75. The number of hydrogen-bond donors (Lipinski definition) is 3. The number of pyridine rings is 3. The Morgan fingerprint density at radius 2 is 2.03 bits per heavy atom. The molecule has 1 fully saturated rings. The summed E-state index contributed by atoms with van der Waals surface area (Å²) in [6, 6.07) is 9.66. The molecule has 0 bridgehead atoms. The van der Waals surface area contributed by atoms with Crippen LogP contribution in [0.5, 0.6) is 0 Å². The van der Waals surface area contributed by atoms with Gasteiger partial charge < -0.3 is 25.4 Å². The lowest BCUT2D eigenvalue weighted by Gasteiger charge is -2.39. The van der Waals surface area contributed by atoms with Gasteiger partial charge in [0.2, 0.25) is 0 Å². The van der Waals surface area contributed by atoms with E-state index in [1.165, 1.54) is 0 Å². The molecule has 2 aliphatic heterocycles. The number of carbonyl (C=O) groups is 1. The van der Waals surface area contributed by atoms with E-state index in [-0.39, 0.29) is 12.0 Å². The average Bonchev–Trinajstić information content (AvgIpc) is 3.49. The Balaban J connectivity index is 1.27. The highest BCUT2D eigenvalue weighted by molar-refractivity contribution is 6.05. The van der Waals surface area contributed by atoms with Gasteiger partial charge in [-0.25, -0.2) is 9.97 Å². The minimum Gasteiger partial charge on any atom is -0.388 e. The van der Waals surface area contributed by atoms with Gasteiger partial charge in [0.1, 0.15) is 17.6 Å². The summed E-state index contributed by atoms with van der Waals surface area (Å²) >= 11 is 0. The number of anilines is 3. The largest absolute Gasteiger partial charge is 0.388 e. The Morgan fingerprint density at radius 3 is 2.83 bits per heavy atom. The molecule has 0 saturated carbocycles. The van der Waals surface area contributed by atoms with Crippen LogP contribution in [0.3, 0.4) is 0 Å². The number of nitrogens with one attached hydrogen (secondary N) is 2. The van der Waals surface area contributed by atoms with E-state index < -0.39 is 5.60 Å². The standard InChI is InChI=1S/C26H27N7O3/c1-26(2,35)20-15-32(9-10-36-20)16-6-7-21(27-11-16)31-18-13-29-24(17-12-30-25(34)23(17)18)19-14-28-22-5-3-4-8-33(19)22/h3-8,11,13-14,20,35H,9-10,12,15H2,1-2H3,(H,27,31)(H,30,34)/t20-/m1/s1. The lowest BCUT2D eigenvalue weighted by atomic mass is 10.00. The summed E-state index contributed by atoms with van der Waals surface area (Å²) in [4.78, 5) is 28.7. The number of aliphatic hydroxyl groups is 1. The van der Waals surface area contributed by atoms with Crippen LogP contribution in [-0.4, -0.2) is 61.8 Å². The van der Waals surface area contributed by atoms with E-state index in [1.807, 2.05) is 40.9 Å². The van der Waals surface area contributed by atoms with E-state index in [2.05, 4.69) is 25.5 Å². The predicted molar refractivity (Wildman–Crippen MR) is 135 cm³/mol. The van der Waals surface area contributed by atoms with Crippen molar-refractivity contribution in [3.05, 3.63) is 66.2 Å². The zero-order valence-electron chi connectivity index (χ0n) is 20.1. The first-order valence-electron chi connectivity index (χ1n) is 11.9. The number of aromatic nitrogens is 4. The zero-order valence-corrected chi connectivity index (χ0v) is 20.1. The van der Waals surface area contributed by atoms with Gasteiger partial charge in [0.05, 0.1) is 59.1 Å². The van der Waals surface area contributed by atoms with Crippen molar-refractivity contribution in [1.29, 1.82) is 0 Å². The highest BCUT2D eigenvalue weighted by atomic mass is 16.5. The van der Waals surface area contributed by atoms with Gasteiger partial charge in [0, 0.05) is 31.4 Å². The highest BCUT2D eigenvalue weighted by Gasteiger charge is 2.33. The summed E-state index contributed by atoms with van der Waals surface area (Å²) in [7, 11) is 0. The number of nitrogens with zero attached hydrogens (tertiary/aromatic N) is 5. The van der Waals surface area contributed by atoms with Crippen LogP contribution in [0.1, 0.15) is 29.8 Å². The number of fused-ring (bicyclic) bond motifs is 2. The van der Waals surface area contributed by atoms with Gasteiger partial charge >= 0.3 is 0 Å². The van der Waals surface area contributed by atoms with Crippen molar-refractivity contribution in [2.24, 2.45) is 0 Å². The maximum absolute atomic E-state index is 12.8. The molecule has 6 heterocycles. The number of carbonyl (C=O) groups excluding carboxylic acids is 1. The van der Waals surface area contributed by atoms with E-state index in [0.29, 0.717) is 36.8 Å². The fourth-order valence-electron chi connectivity index (χ4n) is 4.76. The van der Waals surface area contributed by atoms with Crippen molar-refractivity contribution in [3.63, 3.8) is 0 Å². The third-order valence-electron chi connectivity index (χ3n) is 6.72. The molecule has 3 N–H and O–H groups in total. The highest BCUT2D eigenvalue weighted by Crippen LogP contribution is 2.33. The van der Waals surface area contributed by atoms with Gasteiger partial charge in [-0.3, -0.25) is 14.2 Å². The molecule has 36 heavy (non-hydrogen) atoms. The summed E-state index contributed by atoms with van der Waals surface area (Å²) in [6.45, 7) is 5.77. The summed E-state index contributed by atoms with van der Waals surface area (Å²) in [6.07, 6.45) is 6.90. The van der Waals surface area contributed by atoms with Crippen molar-refractivity contribution < 1.29 is 14.6 Å². The van der Waals surface area contributed by atoms with E-state index in [1.54, 1.807) is 32.4 Å². The van der Waals surface area contributed by atoms with Crippen LogP contribution < -0.4 is 15.5 Å². The van der Waals surface area contributed by atoms with E-state index in [9.17, 15) is 9.90 Å². The summed E-state index contributed by atoms with van der Waals surface area (Å²) in [5.74, 6) is 0.463. The fraction of sp³-hybridized carbons (Fsp3) is 0.308. The number of morpholine rings is 1. The normalized spacial score (nSPS) is 17.8. The monoisotopic (exact) mass is 485 g/mol. The first-order chi connectivity index (χ1) is 17.4. The van der Waals surface area contributed by atoms with E-state index in [0.717, 1.165) is 34.8 Å². The van der Waals surface area contributed by atoms with E-state index >= 15 is 0 Å². The Morgan fingerprint density at radius 1 is 1.14 bits per heavy atom. The number of hydrogen-bond acceptors (Lipinski definition) is 8. The summed E-state index contributed by atoms with van der Waals surface area (Å²) < 4.78 is 7.70. The third-order valence-corrected chi connectivity index (χ3v) is 6.72. The Labute approximate surface area is 208 Å². The van der Waals surface area contributed by atoms with Gasteiger partial charge in [-0.15, -0.1) is 0 Å². The van der Waals surface area contributed by atoms with Crippen molar-refractivity contribution in [3.8, 4) is 11.4 Å². The Hall–Kier alpha value is -4.02. The SMILES string of the molecule is CC(C)(O)[C@H]1CN(c2ccc(Nc3cnc(-c4cnc5ccccn45)c4c3C(=O)NC4)nc2)CCO1. The molecule has 0 aromatic carbocycles. The second kappa shape index (κ2) is 8.58. The molecule has 2 aliphatic rings. The van der Waals surface area contributed by atoms with Gasteiger partial charge in [0.15, 0.2) is 0 Å². The molecule has 1 amide bonds. The number of amides is 1. The summed E-state index contributed by atoms with van der Waals surface area (Å²) in [5, 5.41) is 16.5. The van der Waals surface area contributed by atoms with Crippen LogP contribution in [0, 0.1) is 0 Å². The smallest absolute Gasteiger partial charge is 0.254 e. The van der Waals surface area contributed by atoms with Crippen LogP contribution in [-0.2, 0) is 11.3 Å². The second-order valence-electron chi connectivity index (χ2n) is 9.61. The molecular formula is C26H27N7O3. The van der Waals surface area contributed by atoms with Crippen LogP contribution in [0.2, 0.25) is 0 Å². The molecule has 0 aliphatic carbocycles. The summed E-state index contributed by atoms with van der Waals surface area (Å²) in [5.41, 5.74) is 4.41. The molecule has 10 nitrogen and oxygen atoms in total. The molecule has 10 heteroatoms. The van der Waals surface area contributed by atoms with Gasteiger partial charge in [-0.1, -0.05) is 6.07 Å². The quantitative estimate of drug-likeness (QED) is 0.395. The van der Waals surface area contributed by atoms with Crippen molar-refractivity contribution in [2.45, 2.75) is 32.1 Å². The van der Waals surface area contributed by atoms with Gasteiger partial charge in [-0.2, -0.15) is 0 Å². The average molecular weight is 486 g/mol. The molecule has 184 valence electrons. The fourth-order valence-corrected chi connectivity index (χ4v) is 4.76. The third kappa shape index (κ3) is 3.94. The lowest BCUT2D eigenvalue weighted by Crippen LogP contribution is -2.52. The first-order valence-corrected chi connectivity index (χ1v) is 11.9. The molecular weight excluding hydrogens is 458 g/mol. The van der Waals surface area contributed by atoms with Gasteiger partial charge in [-0.05, 0) is 38.1 Å². The number of ether oxygens (including phenoxy) is 1. The van der Waals surface area contributed by atoms with E-state index in [4.69, 9.17) is 9.72 Å². The molecule has 4 aromatic rings. The van der Waals surface area contributed by atoms with Gasteiger partial charge in [0.25, 0.3) is 5.91 Å². The molecule has 0 unspecified atom stereocenters. The maximum Gasteiger partial charge on any atom is 0.254 e. The molecule has 4 aromatic heterocycles. The first kappa shape index (κ1) is 22.4. The molecule has 0 spiro atoms. The number of rotatable bonds is 5. The maximum atomic E-state index is 12.8. The molecule has 1 saturated heterocycles. The van der Waals surface area contributed by atoms with Crippen molar-refractivity contribution in [1.82, 2.24) is 24.7 Å². The topological polar surface area (TPSA) is 117 Å². The molecule has 6 rings (SSSR count). The lowest BCUT2D eigenvalue weighted by molar-refractivity contribution is -0.0928. The van der Waals surface area contributed by atoms with Crippen LogP contribution in [0.15, 0.2) is 55.1 Å². The zero-order chi connectivity index (χ0) is 24.9. The van der Waals surface area contributed by atoms with Crippen LogP contribution >= 0.6 is 0 Å². The Bertz CT molecular complexity index is 1440. The number of imidazole rings is 1.